The highest BCUT2D eigenvalue weighted by atomic mass is 16.5. The zero-order valence-corrected chi connectivity index (χ0v) is 22.0. The summed E-state index contributed by atoms with van der Waals surface area (Å²) in [6.07, 6.45) is 1.89. The number of amides is 3. The zero-order valence-electron chi connectivity index (χ0n) is 22.0. The van der Waals surface area contributed by atoms with E-state index in [9.17, 15) is 14.4 Å². The van der Waals surface area contributed by atoms with Crippen LogP contribution in [0.1, 0.15) is 26.3 Å². The summed E-state index contributed by atoms with van der Waals surface area (Å²) in [5, 5.41) is 8.68. The van der Waals surface area contributed by atoms with Crippen molar-refractivity contribution in [3.05, 3.63) is 78.5 Å². The number of ether oxygens (including phenoxy) is 1. The molecule has 2 unspecified atom stereocenters. The molecule has 3 N–H and O–H groups in total. The Morgan fingerprint density at radius 3 is 2.39 bits per heavy atom. The Bertz CT molecular complexity index is 1300. The molecule has 38 heavy (non-hydrogen) atoms. The molecule has 9 heteroatoms. The van der Waals surface area contributed by atoms with Crippen LogP contribution < -0.4 is 25.6 Å². The fourth-order valence-electron chi connectivity index (χ4n) is 4.28. The molecule has 2 heterocycles. The Kier molecular flexibility index (Phi) is 8.38. The summed E-state index contributed by atoms with van der Waals surface area (Å²) in [6, 6.07) is 17.9. The van der Waals surface area contributed by atoms with Gasteiger partial charge in [0.15, 0.2) is 5.75 Å². The van der Waals surface area contributed by atoms with Crippen LogP contribution in [0.25, 0.3) is 0 Å². The number of hydrogen-bond acceptors (Lipinski definition) is 6. The van der Waals surface area contributed by atoms with Gasteiger partial charge < -0.3 is 20.7 Å². The first kappa shape index (κ1) is 26.8. The standard InChI is InChI=1S/C29H33N5O4/c1-18(2)25(33-27(35)19(3)30-4)29(37)34-23(17-20-11-10-16-31-26(20)34)28(36)32-22-14-8-9-15-24(22)38-21-12-6-5-7-13-21/h5-16,18-19,23,25,30H,17H2,1-4H3,(H,32,36)(H,33,35)/t19-,23?,25?/m0/s1. The third-order valence-corrected chi connectivity index (χ3v) is 6.53. The lowest BCUT2D eigenvalue weighted by atomic mass is 10.0. The molecule has 2 aromatic carbocycles. The Balaban J connectivity index is 1.61. The van der Waals surface area contributed by atoms with E-state index >= 15 is 0 Å². The summed E-state index contributed by atoms with van der Waals surface area (Å²) in [4.78, 5) is 46.1. The fourth-order valence-corrected chi connectivity index (χ4v) is 4.28. The maximum Gasteiger partial charge on any atom is 0.251 e. The molecule has 4 rings (SSSR count). The Labute approximate surface area is 222 Å². The van der Waals surface area contributed by atoms with Crippen LogP contribution in [0, 0.1) is 5.92 Å². The molecule has 1 aliphatic heterocycles. The molecule has 0 bridgehead atoms. The molecular weight excluding hydrogens is 482 g/mol. The van der Waals surface area contributed by atoms with Crippen LogP contribution in [0.4, 0.5) is 11.5 Å². The first-order chi connectivity index (χ1) is 18.3. The lowest BCUT2D eigenvalue weighted by Crippen LogP contribution is -2.57. The lowest BCUT2D eigenvalue weighted by Gasteiger charge is -2.31. The largest absolute Gasteiger partial charge is 0.455 e. The van der Waals surface area contributed by atoms with Gasteiger partial charge in [0.25, 0.3) is 5.91 Å². The van der Waals surface area contributed by atoms with Gasteiger partial charge in [-0.25, -0.2) is 4.98 Å². The Hall–Kier alpha value is -4.24. The summed E-state index contributed by atoms with van der Waals surface area (Å²) in [7, 11) is 1.68. The molecule has 9 nitrogen and oxygen atoms in total. The monoisotopic (exact) mass is 515 g/mol. The maximum absolute atomic E-state index is 13.9. The number of likely N-dealkylation sites (N-methyl/N-ethyl adjacent to an activating group) is 1. The molecule has 0 radical (unpaired) electrons. The van der Waals surface area contributed by atoms with E-state index < -0.39 is 18.1 Å². The van der Waals surface area contributed by atoms with Crippen molar-refractivity contribution in [2.45, 2.75) is 45.3 Å². The number of hydrogen-bond donors (Lipinski definition) is 3. The van der Waals surface area contributed by atoms with Crippen molar-refractivity contribution >= 4 is 29.2 Å². The molecule has 0 spiro atoms. The molecule has 3 atom stereocenters. The van der Waals surface area contributed by atoms with Crippen LogP contribution in [-0.2, 0) is 20.8 Å². The van der Waals surface area contributed by atoms with Gasteiger partial charge in [-0.2, -0.15) is 0 Å². The number of fused-ring (bicyclic) bond motifs is 1. The van der Waals surface area contributed by atoms with Gasteiger partial charge in [-0.05, 0) is 55.8 Å². The molecule has 1 aromatic heterocycles. The van der Waals surface area contributed by atoms with E-state index in [1.54, 1.807) is 44.4 Å². The predicted octanol–water partition coefficient (Wildman–Crippen LogP) is 3.52. The van der Waals surface area contributed by atoms with Gasteiger partial charge >= 0.3 is 0 Å². The number of anilines is 2. The maximum atomic E-state index is 13.9. The summed E-state index contributed by atoms with van der Waals surface area (Å²) in [5.74, 6) is 0.260. The second-order valence-corrected chi connectivity index (χ2v) is 9.56. The molecule has 0 saturated carbocycles. The number of carbonyl (C=O) groups excluding carboxylic acids is 3. The smallest absolute Gasteiger partial charge is 0.251 e. The summed E-state index contributed by atoms with van der Waals surface area (Å²) in [5.41, 5.74) is 1.27. The van der Waals surface area contributed by atoms with Gasteiger partial charge in [0.1, 0.15) is 23.7 Å². The van der Waals surface area contributed by atoms with Gasteiger partial charge in [0, 0.05) is 12.6 Å². The third-order valence-electron chi connectivity index (χ3n) is 6.53. The van der Waals surface area contributed by atoms with Crippen LogP contribution in [0.2, 0.25) is 0 Å². The molecule has 1 aliphatic rings. The highest BCUT2D eigenvalue weighted by Crippen LogP contribution is 2.34. The van der Waals surface area contributed by atoms with Gasteiger partial charge in [-0.1, -0.05) is 50.2 Å². The number of nitrogens with one attached hydrogen (secondary N) is 3. The topological polar surface area (TPSA) is 113 Å². The summed E-state index contributed by atoms with van der Waals surface area (Å²) >= 11 is 0. The SMILES string of the molecule is CN[C@@H](C)C(=O)NC(C(=O)N1c2ncccc2CC1C(=O)Nc1ccccc1Oc1ccccc1)C(C)C. The van der Waals surface area contributed by atoms with Gasteiger partial charge in [-0.3, -0.25) is 19.3 Å². The van der Waals surface area contributed by atoms with E-state index in [4.69, 9.17) is 4.74 Å². The molecule has 3 aromatic rings. The third kappa shape index (κ3) is 5.84. The van der Waals surface area contributed by atoms with E-state index in [0.29, 0.717) is 29.4 Å². The lowest BCUT2D eigenvalue weighted by molar-refractivity contribution is -0.130. The Morgan fingerprint density at radius 1 is 0.974 bits per heavy atom. The van der Waals surface area contributed by atoms with E-state index in [2.05, 4.69) is 20.9 Å². The van der Waals surface area contributed by atoms with Gasteiger partial charge in [-0.15, -0.1) is 0 Å². The number of pyridine rings is 1. The Morgan fingerprint density at radius 2 is 1.68 bits per heavy atom. The molecule has 198 valence electrons. The molecular formula is C29H33N5O4. The van der Waals surface area contributed by atoms with Crippen molar-refractivity contribution in [1.29, 1.82) is 0 Å². The average Bonchev–Trinajstić information content (AvgIpc) is 3.32. The molecule has 3 amide bonds. The van der Waals surface area contributed by atoms with E-state index in [-0.39, 0.29) is 23.6 Å². The summed E-state index contributed by atoms with van der Waals surface area (Å²) < 4.78 is 5.99. The number of para-hydroxylation sites is 3. The van der Waals surface area contributed by atoms with Crippen molar-refractivity contribution in [2.75, 3.05) is 17.3 Å². The van der Waals surface area contributed by atoms with Crippen LogP contribution in [-0.4, -0.2) is 47.9 Å². The highest BCUT2D eigenvalue weighted by molar-refractivity contribution is 6.09. The molecule has 0 aliphatic carbocycles. The van der Waals surface area contributed by atoms with E-state index in [0.717, 1.165) is 5.56 Å². The summed E-state index contributed by atoms with van der Waals surface area (Å²) in [6.45, 7) is 5.43. The number of carbonyl (C=O) groups is 3. The van der Waals surface area contributed by atoms with Crippen LogP contribution >= 0.6 is 0 Å². The molecule has 0 saturated heterocycles. The fraction of sp³-hybridized carbons (Fsp3) is 0.310. The van der Waals surface area contributed by atoms with Crippen LogP contribution in [0.5, 0.6) is 11.5 Å². The van der Waals surface area contributed by atoms with E-state index in [1.165, 1.54) is 4.90 Å². The van der Waals surface area contributed by atoms with Crippen molar-refractivity contribution < 1.29 is 19.1 Å². The number of rotatable bonds is 9. The van der Waals surface area contributed by atoms with Crippen molar-refractivity contribution in [3.63, 3.8) is 0 Å². The quantitative estimate of drug-likeness (QED) is 0.402. The number of nitrogens with zero attached hydrogens (tertiary/aromatic N) is 2. The minimum Gasteiger partial charge on any atom is -0.455 e. The van der Waals surface area contributed by atoms with Crippen molar-refractivity contribution in [3.8, 4) is 11.5 Å². The normalized spacial score (nSPS) is 15.9. The first-order valence-corrected chi connectivity index (χ1v) is 12.7. The van der Waals surface area contributed by atoms with Crippen LogP contribution in [0.3, 0.4) is 0 Å². The van der Waals surface area contributed by atoms with Crippen molar-refractivity contribution in [1.82, 2.24) is 15.6 Å². The highest BCUT2D eigenvalue weighted by Gasteiger charge is 2.43. The predicted molar refractivity (Wildman–Crippen MR) is 146 cm³/mol. The minimum absolute atomic E-state index is 0.216. The molecule has 0 fully saturated rings. The van der Waals surface area contributed by atoms with Gasteiger partial charge in [0.05, 0.1) is 11.7 Å². The van der Waals surface area contributed by atoms with Crippen LogP contribution in [0.15, 0.2) is 72.9 Å². The average molecular weight is 516 g/mol. The number of aromatic nitrogens is 1. The zero-order chi connectivity index (χ0) is 27.2. The van der Waals surface area contributed by atoms with Gasteiger partial charge in [0.2, 0.25) is 11.8 Å². The van der Waals surface area contributed by atoms with E-state index in [1.807, 2.05) is 56.3 Å². The second-order valence-electron chi connectivity index (χ2n) is 9.56. The second kappa shape index (κ2) is 11.9. The minimum atomic E-state index is -0.850. The first-order valence-electron chi connectivity index (χ1n) is 12.7. The van der Waals surface area contributed by atoms with Crippen molar-refractivity contribution in [2.24, 2.45) is 5.92 Å². The number of benzene rings is 2.